The highest BCUT2D eigenvalue weighted by Gasteiger charge is 2.26. The molecule has 0 aliphatic carbocycles. The highest BCUT2D eigenvalue weighted by molar-refractivity contribution is 5.45. The van der Waals surface area contributed by atoms with Crippen molar-refractivity contribution in [2.75, 3.05) is 37.0 Å². The fourth-order valence-corrected chi connectivity index (χ4v) is 2.89. The predicted molar refractivity (Wildman–Crippen MR) is 86.4 cm³/mol. The van der Waals surface area contributed by atoms with Crippen LogP contribution in [-0.2, 0) is 0 Å². The van der Waals surface area contributed by atoms with Crippen LogP contribution in [0.4, 0.5) is 16.0 Å². The van der Waals surface area contributed by atoms with E-state index in [1.807, 2.05) is 11.9 Å². The minimum atomic E-state index is -0.278. The molecule has 1 atom stereocenters. The highest BCUT2D eigenvalue weighted by atomic mass is 19.1. The Kier molecular flexibility index (Phi) is 4.55. The first-order valence-corrected chi connectivity index (χ1v) is 7.63. The fourth-order valence-electron chi connectivity index (χ4n) is 2.89. The van der Waals surface area contributed by atoms with Crippen molar-refractivity contribution in [2.24, 2.45) is 0 Å². The molecule has 2 aromatic heterocycles. The summed E-state index contributed by atoms with van der Waals surface area (Å²) in [5, 5.41) is 0. The van der Waals surface area contributed by atoms with Gasteiger partial charge in [-0.3, -0.25) is 0 Å². The van der Waals surface area contributed by atoms with Gasteiger partial charge in [0.15, 0.2) is 11.6 Å². The first-order chi connectivity index (χ1) is 11.2. The number of rotatable bonds is 4. The van der Waals surface area contributed by atoms with E-state index in [0.717, 1.165) is 25.2 Å². The fraction of sp³-hybridized carbons (Fsp3) is 0.438. The number of aromatic nitrogens is 3. The summed E-state index contributed by atoms with van der Waals surface area (Å²) < 4.78 is 19.1. The Bertz CT molecular complexity index is 668. The number of methoxy groups -OCH3 is 1. The second-order valence-corrected chi connectivity index (χ2v) is 5.58. The standard InChI is InChI=1S/C16H20FN5O/c1-21(14-9-15(23-2)20-11-19-14)12-5-4-8-22(10-12)16-13(17)6-3-7-18-16/h3,6-7,9,11-12H,4-5,8,10H2,1-2H3. The molecule has 0 radical (unpaired) electrons. The van der Waals surface area contributed by atoms with Gasteiger partial charge in [0.2, 0.25) is 5.88 Å². The molecule has 0 saturated carbocycles. The zero-order chi connectivity index (χ0) is 16.2. The van der Waals surface area contributed by atoms with Crippen LogP contribution in [0.3, 0.4) is 0 Å². The maximum absolute atomic E-state index is 14.0. The average Bonchev–Trinajstić information content (AvgIpc) is 2.61. The molecule has 1 aliphatic heterocycles. The molecule has 0 aromatic carbocycles. The molecule has 1 fully saturated rings. The Morgan fingerprint density at radius 3 is 3.00 bits per heavy atom. The lowest BCUT2D eigenvalue weighted by Crippen LogP contribution is -2.47. The molecule has 122 valence electrons. The van der Waals surface area contributed by atoms with Crippen LogP contribution in [0.1, 0.15) is 12.8 Å². The summed E-state index contributed by atoms with van der Waals surface area (Å²) in [5.74, 6) is 1.47. The molecule has 0 spiro atoms. The lowest BCUT2D eigenvalue weighted by atomic mass is 10.0. The van der Waals surface area contributed by atoms with Gasteiger partial charge >= 0.3 is 0 Å². The molecular weight excluding hydrogens is 297 g/mol. The molecule has 1 unspecified atom stereocenters. The van der Waals surface area contributed by atoms with E-state index < -0.39 is 0 Å². The van der Waals surface area contributed by atoms with Crippen molar-refractivity contribution in [1.29, 1.82) is 0 Å². The van der Waals surface area contributed by atoms with Gasteiger partial charge in [0.25, 0.3) is 0 Å². The van der Waals surface area contributed by atoms with Crippen LogP contribution in [-0.4, -0.2) is 48.2 Å². The topological polar surface area (TPSA) is 54.4 Å². The maximum Gasteiger partial charge on any atom is 0.218 e. The van der Waals surface area contributed by atoms with Gasteiger partial charge in [-0.1, -0.05) is 0 Å². The summed E-state index contributed by atoms with van der Waals surface area (Å²) in [4.78, 5) is 16.6. The van der Waals surface area contributed by atoms with Crippen LogP contribution in [0.25, 0.3) is 0 Å². The van der Waals surface area contributed by atoms with Gasteiger partial charge in [0, 0.05) is 38.4 Å². The first kappa shape index (κ1) is 15.5. The zero-order valence-corrected chi connectivity index (χ0v) is 13.3. The van der Waals surface area contributed by atoms with E-state index in [0.29, 0.717) is 18.2 Å². The Balaban J connectivity index is 1.76. The molecule has 0 bridgehead atoms. The quantitative estimate of drug-likeness (QED) is 0.861. The minimum absolute atomic E-state index is 0.227. The number of nitrogens with zero attached hydrogens (tertiary/aromatic N) is 5. The molecule has 23 heavy (non-hydrogen) atoms. The summed E-state index contributed by atoms with van der Waals surface area (Å²) in [6.45, 7) is 1.52. The number of anilines is 2. The van der Waals surface area contributed by atoms with Crippen molar-refractivity contribution in [3.63, 3.8) is 0 Å². The van der Waals surface area contributed by atoms with Gasteiger partial charge in [-0.2, -0.15) is 0 Å². The summed E-state index contributed by atoms with van der Waals surface area (Å²) in [5.41, 5.74) is 0. The van der Waals surface area contributed by atoms with Crippen molar-refractivity contribution in [2.45, 2.75) is 18.9 Å². The van der Waals surface area contributed by atoms with Crippen molar-refractivity contribution in [1.82, 2.24) is 15.0 Å². The van der Waals surface area contributed by atoms with Crippen molar-refractivity contribution in [3.8, 4) is 5.88 Å². The summed E-state index contributed by atoms with van der Waals surface area (Å²) in [6.07, 6.45) is 5.12. The van der Waals surface area contributed by atoms with Crippen LogP contribution < -0.4 is 14.5 Å². The lowest BCUT2D eigenvalue weighted by Gasteiger charge is -2.38. The molecule has 1 aliphatic rings. The number of hydrogen-bond acceptors (Lipinski definition) is 6. The molecule has 1 saturated heterocycles. The van der Waals surface area contributed by atoms with Crippen molar-refractivity contribution >= 4 is 11.6 Å². The van der Waals surface area contributed by atoms with E-state index in [1.165, 1.54) is 12.4 Å². The molecule has 7 heteroatoms. The monoisotopic (exact) mass is 317 g/mol. The third kappa shape index (κ3) is 3.33. The third-order valence-corrected chi connectivity index (χ3v) is 4.18. The van der Waals surface area contributed by atoms with E-state index in [9.17, 15) is 4.39 Å². The number of halogens is 1. The second kappa shape index (κ2) is 6.76. The Morgan fingerprint density at radius 1 is 1.35 bits per heavy atom. The van der Waals surface area contributed by atoms with E-state index in [-0.39, 0.29) is 11.9 Å². The number of pyridine rings is 1. The van der Waals surface area contributed by atoms with Crippen LogP contribution in [0.5, 0.6) is 5.88 Å². The number of hydrogen-bond donors (Lipinski definition) is 0. The Hall–Kier alpha value is -2.44. The predicted octanol–water partition coefficient (Wildman–Crippen LogP) is 2.12. The third-order valence-electron chi connectivity index (χ3n) is 4.18. The Morgan fingerprint density at radius 2 is 2.22 bits per heavy atom. The van der Waals surface area contributed by atoms with Gasteiger partial charge in [0.05, 0.1) is 7.11 Å². The van der Waals surface area contributed by atoms with Gasteiger partial charge in [0.1, 0.15) is 12.1 Å². The van der Waals surface area contributed by atoms with Crippen molar-refractivity contribution in [3.05, 3.63) is 36.5 Å². The van der Waals surface area contributed by atoms with Gasteiger partial charge < -0.3 is 14.5 Å². The van der Waals surface area contributed by atoms with E-state index in [1.54, 1.807) is 25.4 Å². The lowest BCUT2D eigenvalue weighted by molar-refractivity contribution is 0.396. The highest BCUT2D eigenvalue weighted by Crippen LogP contribution is 2.25. The first-order valence-electron chi connectivity index (χ1n) is 7.63. The molecule has 2 aromatic rings. The van der Waals surface area contributed by atoms with Gasteiger partial charge in [-0.15, -0.1) is 0 Å². The molecule has 3 heterocycles. The number of likely N-dealkylation sites (N-methyl/N-ethyl adjacent to an activating group) is 1. The van der Waals surface area contributed by atoms with E-state index >= 15 is 0 Å². The zero-order valence-electron chi connectivity index (χ0n) is 13.3. The van der Waals surface area contributed by atoms with Crippen LogP contribution >= 0.6 is 0 Å². The largest absolute Gasteiger partial charge is 0.481 e. The molecule has 0 N–H and O–H groups in total. The van der Waals surface area contributed by atoms with Crippen molar-refractivity contribution < 1.29 is 9.13 Å². The van der Waals surface area contributed by atoms with Crippen LogP contribution in [0.15, 0.2) is 30.7 Å². The van der Waals surface area contributed by atoms with Gasteiger partial charge in [-0.05, 0) is 25.0 Å². The average molecular weight is 317 g/mol. The van der Waals surface area contributed by atoms with Gasteiger partial charge in [-0.25, -0.2) is 19.3 Å². The maximum atomic E-state index is 14.0. The normalized spacial score (nSPS) is 17.9. The summed E-state index contributed by atoms with van der Waals surface area (Å²) in [7, 11) is 3.57. The number of ether oxygens (including phenoxy) is 1. The van der Waals surface area contributed by atoms with Crippen LogP contribution in [0, 0.1) is 5.82 Å². The molecule has 0 amide bonds. The molecule has 6 nitrogen and oxygen atoms in total. The smallest absolute Gasteiger partial charge is 0.218 e. The minimum Gasteiger partial charge on any atom is -0.481 e. The second-order valence-electron chi connectivity index (χ2n) is 5.58. The summed E-state index contributed by atoms with van der Waals surface area (Å²) in [6, 6.07) is 5.09. The number of piperidine rings is 1. The summed E-state index contributed by atoms with van der Waals surface area (Å²) >= 11 is 0. The SMILES string of the molecule is COc1cc(N(C)C2CCCN(c3ncccc3F)C2)ncn1. The molecule has 3 rings (SSSR count). The van der Waals surface area contributed by atoms with Crippen LogP contribution in [0.2, 0.25) is 0 Å². The Labute approximate surface area is 134 Å². The van der Waals surface area contributed by atoms with E-state index in [4.69, 9.17) is 4.74 Å². The molecular formula is C16H20FN5O. The van der Waals surface area contributed by atoms with E-state index in [2.05, 4.69) is 19.9 Å².